The molecular weight excluding hydrogens is 484 g/mol. The smallest absolute Gasteiger partial charge is 0.308 e. The van der Waals surface area contributed by atoms with E-state index in [4.69, 9.17) is 16.6 Å². The lowest BCUT2D eigenvalue weighted by Crippen LogP contribution is -2.21. The summed E-state index contributed by atoms with van der Waals surface area (Å²) in [5.41, 5.74) is 5.36. The Morgan fingerprint density at radius 3 is 2.43 bits per heavy atom. The zero-order chi connectivity index (χ0) is 25.0. The van der Waals surface area contributed by atoms with Gasteiger partial charge in [-0.15, -0.1) is 21.5 Å². The highest BCUT2D eigenvalue weighted by Crippen LogP contribution is 2.41. The van der Waals surface area contributed by atoms with Gasteiger partial charge in [0.1, 0.15) is 22.6 Å². The quantitative estimate of drug-likeness (QED) is 0.359. The zero-order valence-corrected chi connectivity index (χ0v) is 21.1. The fourth-order valence-corrected chi connectivity index (χ4v) is 5.86. The summed E-state index contributed by atoms with van der Waals surface area (Å²) in [4.78, 5) is 18.2. The van der Waals surface area contributed by atoms with E-state index in [-0.39, 0.29) is 5.75 Å². The first-order chi connectivity index (χ1) is 16.7. The van der Waals surface area contributed by atoms with Crippen LogP contribution in [0.2, 0.25) is 5.02 Å². The highest BCUT2D eigenvalue weighted by molar-refractivity contribution is 7.15. The number of carboxylic acid groups (broad SMARTS) is 1. The molecule has 178 valence electrons. The van der Waals surface area contributed by atoms with Gasteiger partial charge in [-0.05, 0) is 57.0 Å². The van der Waals surface area contributed by atoms with E-state index in [1.807, 2.05) is 35.8 Å². The Balaban J connectivity index is 1.71. The van der Waals surface area contributed by atoms with E-state index >= 15 is 0 Å². The van der Waals surface area contributed by atoms with Crippen LogP contribution in [-0.2, 0) is 4.79 Å². The molecule has 2 atom stereocenters. The largest absolute Gasteiger partial charge is 0.508 e. The Morgan fingerprint density at radius 2 is 1.77 bits per heavy atom. The van der Waals surface area contributed by atoms with Crippen LogP contribution in [0, 0.1) is 26.7 Å². The molecule has 9 heteroatoms. The van der Waals surface area contributed by atoms with E-state index in [0.29, 0.717) is 16.7 Å². The lowest BCUT2D eigenvalue weighted by molar-refractivity contribution is -0.141. The highest BCUT2D eigenvalue weighted by atomic mass is 35.5. The first kappa shape index (κ1) is 23.3. The van der Waals surface area contributed by atoms with Gasteiger partial charge in [-0.25, -0.2) is 0 Å². The highest BCUT2D eigenvalue weighted by Gasteiger charge is 2.36. The molecule has 1 unspecified atom stereocenters. The SMILES string of the molecule is Cc1sc2c(c1C)C(c1ccc(-c3ccc(O)cc3Cl)cc1)=N[C@@H](C(C)C(=O)O)c1nnc(C)n1-2. The van der Waals surface area contributed by atoms with Gasteiger partial charge in [-0.2, -0.15) is 0 Å². The Morgan fingerprint density at radius 1 is 1.09 bits per heavy atom. The van der Waals surface area contributed by atoms with E-state index in [1.165, 1.54) is 6.07 Å². The predicted molar refractivity (Wildman–Crippen MR) is 137 cm³/mol. The van der Waals surface area contributed by atoms with Gasteiger partial charge in [0.05, 0.1) is 16.7 Å². The summed E-state index contributed by atoms with van der Waals surface area (Å²) in [6.07, 6.45) is 0. The Hall–Kier alpha value is -3.49. The molecule has 2 aromatic carbocycles. The zero-order valence-electron chi connectivity index (χ0n) is 19.6. The standard InChI is InChI=1S/C26H23ClN4O3S/c1-12-14(3)35-25-21(12)23(28-22(13(2)26(33)34)24-30-29-15(4)31(24)25)17-7-5-16(6-8-17)19-10-9-18(32)11-20(19)27/h5-11,13,22,32H,1-4H3,(H,33,34)/t13?,22-/m0/s1. The van der Waals surface area contributed by atoms with E-state index in [2.05, 4.69) is 24.0 Å². The number of fused-ring (bicyclic) bond motifs is 3. The monoisotopic (exact) mass is 506 g/mol. The number of benzene rings is 2. The van der Waals surface area contributed by atoms with E-state index in [9.17, 15) is 15.0 Å². The number of hydrogen-bond acceptors (Lipinski definition) is 6. The third-order valence-corrected chi connectivity index (χ3v) is 7.98. The summed E-state index contributed by atoms with van der Waals surface area (Å²) in [6, 6.07) is 12.0. The number of aliphatic imine (C=N–C) groups is 1. The minimum absolute atomic E-state index is 0.111. The summed E-state index contributed by atoms with van der Waals surface area (Å²) in [5.74, 6) is -0.403. The number of carbonyl (C=O) groups is 1. The number of phenolic OH excluding ortho intramolecular Hbond substituents is 1. The molecular formula is C26H23ClN4O3S. The number of hydrogen-bond donors (Lipinski definition) is 2. The van der Waals surface area contributed by atoms with Crippen molar-refractivity contribution in [3.63, 3.8) is 0 Å². The molecule has 35 heavy (non-hydrogen) atoms. The van der Waals surface area contributed by atoms with Crippen LogP contribution in [0.25, 0.3) is 16.1 Å². The number of carboxylic acids is 1. The maximum absolute atomic E-state index is 12.0. The van der Waals surface area contributed by atoms with Crippen molar-refractivity contribution in [1.29, 1.82) is 0 Å². The second-order valence-electron chi connectivity index (χ2n) is 8.70. The number of aromatic nitrogens is 3. The van der Waals surface area contributed by atoms with Crippen molar-refractivity contribution in [2.24, 2.45) is 10.9 Å². The lowest BCUT2D eigenvalue weighted by atomic mass is 9.96. The van der Waals surface area contributed by atoms with Gasteiger partial charge in [0.2, 0.25) is 0 Å². The van der Waals surface area contributed by atoms with Crippen LogP contribution in [0.1, 0.15) is 46.2 Å². The number of nitrogens with zero attached hydrogens (tertiary/aromatic N) is 4. The number of phenols is 1. The average molecular weight is 507 g/mol. The predicted octanol–water partition coefficient (Wildman–Crippen LogP) is 5.89. The fraction of sp³-hybridized carbons (Fsp3) is 0.231. The third-order valence-electron chi connectivity index (χ3n) is 6.47. The molecule has 4 aromatic rings. The molecule has 3 heterocycles. The fourth-order valence-electron chi connectivity index (χ4n) is 4.36. The van der Waals surface area contributed by atoms with Crippen LogP contribution >= 0.6 is 22.9 Å². The molecule has 0 fully saturated rings. The molecule has 2 aromatic heterocycles. The summed E-state index contributed by atoms with van der Waals surface area (Å²) in [6.45, 7) is 7.65. The van der Waals surface area contributed by atoms with Crippen LogP contribution in [0.5, 0.6) is 5.75 Å². The molecule has 0 saturated heterocycles. The van der Waals surface area contributed by atoms with Crippen LogP contribution in [0.3, 0.4) is 0 Å². The van der Waals surface area contributed by atoms with Gasteiger partial charge in [-0.1, -0.05) is 35.9 Å². The van der Waals surface area contributed by atoms with Crippen molar-refractivity contribution in [3.05, 3.63) is 80.7 Å². The first-order valence-corrected chi connectivity index (χ1v) is 12.3. The number of halogens is 1. The maximum atomic E-state index is 12.0. The molecule has 0 radical (unpaired) electrons. The number of thiophene rings is 1. The summed E-state index contributed by atoms with van der Waals surface area (Å²) in [7, 11) is 0. The van der Waals surface area contributed by atoms with Crippen molar-refractivity contribution >= 4 is 34.6 Å². The van der Waals surface area contributed by atoms with E-state index in [0.717, 1.165) is 43.4 Å². The van der Waals surface area contributed by atoms with Crippen molar-refractivity contribution in [2.45, 2.75) is 33.7 Å². The minimum atomic E-state index is -0.944. The minimum Gasteiger partial charge on any atom is -0.508 e. The maximum Gasteiger partial charge on any atom is 0.308 e. The molecule has 0 bridgehead atoms. The van der Waals surface area contributed by atoms with Gasteiger partial charge in [0, 0.05) is 21.6 Å². The molecule has 2 N–H and O–H groups in total. The molecule has 1 aliphatic heterocycles. The van der Waals surface area contributed by atoms with Crippen LogP contribution < -0.4 is 0 Å². The number of aryl methyl sites for hydroxylation is 2. The summed E-state index contributed by atoms with van der Waals surface area (Å²) in [5, 5.41) is 29.5. The van der Waals surface area contributed by atoms with Crippen molar-refractivity contribution in [1.82, 2.24) is 14.8 Å². The van der Waals surface area contributed by atoms with Crippen molar-refractivity contribution < 1.29 is 15.0 Å². The molecule has 0 aliphatic carbocycles. The van der Waals surface area contributed by atoms with Crippen LogP contribution in [0.4, 0.5) is 0 Å². The van der Waals surface area contributed by atoms with E-state index < -0.39 is 17.9 Å². The molecule has 0 amide bonds. The molecule has 1 aliphatic rings. The normalized spacial score (nSPS) is 15.7. The lowest BCUT2D eigenvalue weighted by Gasteiger charge is -2.16. The van der Waals surface area contributed by atoms with Crippen LogP contribution in [-0.4, -0.2) is 36.7 Å². The molecule has 0 saturated carbocycles. The molecule has 5 rings (SSSR count). The van der Waals surface area contributed by atoms with Gasteiger partial charge in [0.15, 0.2) is 5.82 Å². The van der Waals surface area contributed by atoms with Gasteiger partial charge in [-0.3, -0.25) is 14.4 Å². The number of rotatable bonds is 4. The van der Waals surface area contributed by atoms with E-state index in [1.54, 1.807) is 30.4 Å². The second-order valence-corrected chi connectivity index (χ2v) is 10.3. The van der Waals surface area contributed by atoms with Gasteiger partial charge in [0.25, 0.3) is 0 Å². The molecule has 7 nitrogen and oxygen atoms in total. The summed E-state index contributed by atoms with van der Waals surface area (Å²) >= 11 is 7.98. The third kappa shape index (κ3) is 3.83. The van der Waals surface area contributed by atoms with Crippen molar-refractivity contribution in [2.75, 3.05) is 0 Å². The van der Waals surface area contributed by atoms with Crippen LogP contribution in [0.15, 0.2) is 47.5 Å². The second kappa shape index (κ2) is 8.62. The Kier molecular flexibility index (Phi) is 5.73. The van der Waals surface area contributed by atoms with Gasteiger partial charge < -0.3 is 10.2 Å². The number of aromatic hydroxyl groups is 1. The topological polar surface area (TPSA) is 101 Å². The average Bonchev–Trinajstić information content (AvgIpc) is 3.28. The molecule has 0 spiro atoms. The Bertz CT molecular complexity index is 1500. The number of aliphatic carboxylic acids is 1. The summed E-state index contributed by atoms with van der Waals surface area (Å²) < 4.78 is 1.95. The van der Waals surface area contributed by atoms with Gasteiger partial charge >= 0.3 is 5.97 Å². The first-order valence-electron chi connectivity index (χ1n) is 11.1. The Labute approximate surface area is 211 Å². The van der Waals surface area contributed by atoms with Crippen molar-refractivity contribution in [3.8, 4) is 21.9 Å².